The molecule has 3 nitrogen and oxygen atoms in total. The van der Waals surface area contributed by atoms with Crippen molar-refractivity contribution >= 4 is 17.7 Å². The summed E-state index contributed by atoms with van der Waals surface area (Å²) in [6.07, 6.45) is 3.42. The molecule has 2 aromatic rings. The molecule has 0 amide bonds. The van der Waals surface area contributed by atoms with Crippen LogP contribution < -0.4 is 4.74 Å². The second-order valence-electron chi connectivity index (χ2n) is 5.18. The second-order valence-corrected chi connectivity index (χ2v) is 6.23. The first-order valence-electron chi connectivity index (χ1n) is 6.89. The fourth-order valence-electron chi connectivity index (χ4n) is 1.91. The predicted molar refractivity (Wildman–Crippen MR) is 85.9 cm³/mol. The predicted octanol–water partition coefficient (Wildman–Crippen LogP) is 4.21. The molecule has 21 heavy (non-hydrogen) atoms. The van der Waals surface area contributed by atoms with E-state index in [1.165, 1.54) is 17.3 Å². The highest BCUT2D eigenvalue weighted by Crippen LogP contribution is 2.23. The monoisotopic (exact) mass is 301 g/mol. The summed E-state index contributed by atoms with van der Waals surface area (Å²) in [6.45, 7) is 6.26. The van der Waals surface area contributed by atoms with Gasteiger partial charge in [0.25, 0.3) is 0 Å². The van der Waals surface area contributed by atoms with E-state index < -0.39 is 0 Å². The van der Waals surface area contributed by atoms with Crippen molar-refractivity contribution < 1.29 is 9.53 Å². The topological polar surface area (TPSA) is 39.2 Å². The van der Waals surface area contributed by atoms with Gasteiger partial charge in [0.1, 0.15) is 5.75 Å². The van der Waals surface area contributed by atoms with E-state index in [-0.39, 0.29) is 11.7 Å². The van der Waals surface area contributed by atoms with Gasteiger partial charge in [-0.2, -0.15) is 0 Å². The summed E-state index contributed by atoms with van der Waals surface area (Å²) in [5.74, 6) is 1.08. The van der Waals surface area contributed by atoms with Crippen LogP contribution in [0.4, 0.5) is 0 Å². The molecule has 0 saturated carbocycles. The third kappa shape index (κ3) is 4.90. The van der Waals surface area contributed by atoms with Gasteiger partial charge in [-0.15, -0.1) is 11.8 Å². The Kier molecular flexibility index (Phi) is 5.39. The first-order chi connectivity index (χ1) is 10.0. The molecule has 0 spiro atoms. The lowest BCUT2D eigenvalue weighted by molar-refractivity contribution is -0.131. The fourth-order valence-corrected chi connectivity index (χ4v) is 2.56. The molecule has 0 fully saturated rings. The molecule has 0 N–H and O–H groups in total. The van der Waals surface area contributed by atoms with Crippen molar-refractivity contribution in [2.45, 2.75) is 31.6 Å². The lowest BCUT2D eigenvalue weighted by atomic mass is 10.0. The van der Waals surface area contributed by atoms with E-state index >= 15 is 0 Å². The van der Waals surface area contributed by atoms with E-state index in [9.17, 15) is 4.79 Å². The molecule has 0 bridgehead atoms. The molecular formula is C17H19NO2S. The number of nitrogens with zero attached hydrogens (tertiary/aromatic N) is 1. The molecule has 0 saturated heterocycles. The maximum atomic E-state index is 11.9. The summed E-state index contributed by atoms with van der Waals surface area (Å²) in [5, 5.41) is 0. The third-order valence-corrected chi connectivity index (χ3v) is 3.96. The van der Waals surface area contributed by atoms with Gasteiger partial charge in [0.05, 0.1) is 5.75 Å². The number of thioether (sulfide) groups is 1. The molecule has 1 aromatic heterocycles. The van der Waals surface area contributed by atoms with Crippen LogP contribution in [0, 0.1) is 6.92 Å². The van der Waals surface area contributed by atoms with Gasteiger partial charge in [0, 0.05) is 17.3 Å². The van der Waals surface area contributed by atoms with Crippen LogP contribution in [0.25, 0.3) is 0 Å². The molecule has 0 aliphatic heterocycles. The van der Waals surface area contributed by atoms with Gasteiger partial charge in [0.15, 0.2) is 0 Å². The zero-order valence-electron chi connectivity index (χ0n) is 12.5. The van der Waals surface area contributed by atoms with E-state index in [0.29, 0.717) is 11.7 Å². The van der Waals surface area contributed by atoms with Gasteiger partial charge >= 0.3 is 5.97 Å². The summed E-state index contributed by atoms with van der Waals surface area (Å²) in [6, 6.07) is 9.70. The van der Waals surface area contributed by atoms with Gasteiger partial charge < -0.3 is 4.74 Å². The molecule has 2 rings (SSSR count). The van der Waals surface area contributed by atoms with Crippen molar-refractivity contribution in [2.24, 2.45) is 0 Å². The van der Waals surface area contributed by atoms with Crippen LogP contribution in [0.1, 0.15) is 30.9 Å². The van der Waals surface area contributed by atoms with Gasteiger partial charge in [-0.1, -0.05) is 19.9 Å². The molecule has 0 unspecified atom stereocenters. The molecule has 1 heterocycles. The Morgan fingerprint density at radius 1 is 1.24 bits per heavy atom. The van der Waals surface area contributed by atoms with Crippen LogP contribution in [0.2, 0.25) is 0 Å². The van der Waals surface area contributed by atoms with E-state index in [2.05, 4.69) is 24.9 Å². The summed E-state index contributed by atoms with van der Waals surface area (Å²) in [7, 11) is 0. The number of carbonyl (C=O) groups is 1. The molecule has 0 aliphatic carbocycles. The van der Waals surface area contributed by atoms with Crippen LogP contribution in [0.5, 0.6) is 5.75 Å². The van der Waals surface area contributed by atoms with Crippen molar-refractivity contribution in [3.05, 3.63) is 53.9 Å². The lowest BCUT2D eigenvalue weighted by Crippen LogP contribution is -2.11. The number of pyridine rings is 1. The molecule has 110 valence electrons. The molecule has 0 atom stereocenters. The van der Waals surface area contributed by atoms with Gasteiger partial charge in [-0.05, 0) is 48.2 Å². The maximum absolute atomic E-state index is 11.9. The number of hydrogen-bond acceptors (Lipinski definition) is 4. The number of hydrogen-bond donors (Lipinski definition) is 0. The Morgan fingerprint density at radius 3 is 2.62 bits per heavy atom. The minimum atomic E-state index is -0.239. The van der Waals surface area contributed by atoms with E-state index in [1.807, 2.05) is 31.2 Å². The van der Waals surface area contributed by atoms with Crippen molar-refractivity contribution in [3.8, 4) is 5.75 Å². The van der Waals surface area contributed by atoms with E-state index in [0.717, 1.165) is 10.5 Å². The van der Waals surface area contributed by atoms with Crippen LogP contribution in [-0.2, 0) is 4.79 Å². The molecule has 1 aromatic carbocycles. The number of esters is 1. The normalized spacial score (nSPS) is 10.7. The second kappa shape index (κ2) is 7.27. The first kappa shape index (κ1) is 15.6. The largest absolute Gasteiger partial charge is 0.426 e. The summed E-state index contributed by atoms with van der Waals surface area (Å²) >= 11 is 1.45. The van der Waals surface area contributed by atoms with Crippen LogP contribution in [0.3, 0.4) is 0 Å². The minimum Gasteiger partial charge on any atom is -0.426 e. The van der Waals surface area contributed by atoms with Crippen molar-refractivity contribution in [1.82, 2.24) is 4.98 Å². The zero-order chi connectivity index (χ0) is 15.2. The number of benzene rings is 1. The highest BCUT2D eigenvalue weighted by atomic mass is 32.2. The Balaban J connectivity index is 1.96. The number of carbonyl (C=O) groups excluding carboxylic acids is 1. The summed E-state index contributed by atoms with van der Waals surface area (Å²) < 4.78 is 5.43. The number of ether oxygens (including phenoxy) is 1. The molecule has 0 radical (unpaired) electrons. The Hall–Kier alpha value is -1.81. The SMILES string of the molecule is Cc1cc(OC(=O)CSc2ccncc2)cc(C(C)C)c1. The Bertz CT molecular complexity index is 611. The highest BCUT2D eigenvalue weighted by molar-refractivity contribution is 8.00. The average molecular weight is 301 g/mol. The Labute approximate surface area is 129 Å². The van der Waals surface area contributed by atoms with Crippen molar-refractivity contribution in [3.63, 3.8) is 0 Å². The first-order valence-corrected chi connectivity index (χ1v) is 7.88. The average Bonchev–Trinajstić information content (AvgIpc) is 2.45. The molecule has 4 heteroatoms. The summed E-state index contributed by atoms with van der Waals surface area (Å²) in [4.78, 5) is 16.9. The van der Waals surface area contributed by atoms with Crippen LogP contribution in [0.15, 0.2) is 47.6 Å². The van der Waals surface area contributed by atoms with Crippen LogP contribution >= 0.6 is 11.8 Å². The third-order valence-electron chi connectivity index (χ3n) is 2.98. The van der Waals surface area contributed by atoms with Crippen molar-refractivity contribution in [1.29, 1.82) is 0 Å². The lowest BCUT2D eigenvalue weighted by Gasteiger charge is -2.10. The van der Waals surface area contributed by atoms with Crippen LogP contribution in [-0.4, -0.2) is 16.7 Å². The minimum absolute atomic E-state index is 0.239. The number of rotatable bonds is 5. The van der Waals surface area contributed by atoms with E-state index in [4.69, 9.17) is 4.74 Å². The van der Waals surface area contributed by atoms with E-state index in [1.54, 1.807) is 12.4 Å². The standard InChI is InChI=1S/C17H19NO2S/c1-12(2)14-8-13(3)9-15(10-14)20-17(19)11-21-16-4-6-18-7-5-16/h4-10,12H,11H2,1-3H3. The van der Waals surface area contributed by atoms with Crippen molar-refractivity contribution in [2.75, 3.05) is 5.75 Å². The Morgan fingerprint density at radius 2 is 1.95 bits per heavy atom. The molecule has 0 aliphatic rings. The quantitative estimate of drug-likeness (QED) is 0.471. The highest BCUT2D eigenvalue weighted by Gasteiger charge is 2.09. The zero-order valence-corrected chi connectivity index (χ0v) is 13.3. The number of aromatic nitrogens is 1. The number of aryl methyl sites for hydroxylation is 1. The summed E-state index contributed by atoms with van der Waals surface area (Å²) in [5.41, 5.74) is 2.28. The van der Waals surface area contributed by atoms with Gasteiger partial charge in [0.2, 0.25) is 0 Å². The van der Waals surface area contributed by atoms with Gasteiger partial charge in [-0.25, -0.2) is 0 Å². The fraction of sp³-hybridized carbons (Fsp3) is 0.294. The maximum Gasteiger partial charge on any atom is 0.321 e. The smallest absolute Gasteiger partial charge is 0.321 e. The molecular weight excluding hydrogens is 282 g/mol. The van der Waals surface area contributed by atoms with Gasteiger partial charge in [-0.3, -0.25) is 9.78 Å².